The van der Waals surface area contributed by atoms with E-state index in [1.54, 1.807) is 17.9 Å². The lowest BCUT2D eigenvalue weighted by atomic mass is 10.1. The molecule has 6 nitrogen and oxygen atoms in total. The lowest BCUT2D eigenvalue weighted by Crippen LogP contribution is -2.41. The summed E-state index contributed by atoms with van der Waals surface area (Å²) in [7, 11) is 0. The van der Waals surface area contributed by atoms with E-state index in [0.29, 0.717) is 36.6 Å². The van der Waals surface area contributed by atoms with Gasteiger partial charge in [-0.1, -0.05) is 6.92 Å². The Morgan fingerprint density at radius 3 is 2.72 bits per heavy atom. The molecule has 2 heterocycles. The summed E-state index contributed by atoms with van der Waals surface area (Å²) in [5.41, 5.74) is 0.567. The van der Waals surface area contributed by atoms with Crippen LogP contribution in [-0.4, -0.2) is 48.6 Å². The van der Waals surface area contributed by atoms with Gasteiger partial charge in [0.15, 0.2) is 0 Å². The largest absolute Gasteiger partial charge is 0.466 e. The van der Waals surface area contributed by atoms with Crippen LogP contribution in [0.15, 0.2) is 10.5 Å². The van der Waals surface area contributed by atoms with Gasteiger partial charge in [0.25, 0.3) is 5.91 Å². The minimum Gasteiger partial charge on any atom is -0.466 e. The van der Waals surface area contributed by atoms with Crippen molar-refractivity contribution in [1.29, 1.82) is 0 Å². The fraction of sp³-hybridized carbons (Fsp3) is 0.684. The molecule has 6 heteroatoms. The molecular weight excluding hydrogens is 320 g/mol. The van der Waals surface area contributed by atoms with Crippen molar-refractivity contribution < 1.29 is 18.7 Å². The molecular formula is C19H30N2O4. The van der Waals surface area contributed by atoms with E-state index in [4.69, 9.17) is 9.15 Å². The van der Waals surface area contributed by atoms with E-state index >= 15 is 0 Å². The molecule has 0 radical (unpaired) electrons. The molecule has 25 heavy (non-hydrogen) atoms. The molecule has 0 aliphatic carbocycles. The Morgan fingerprint density at radius 1 is 1.40 bits per heavy atom. The first-order valence-corrected chi connectivity index (χ1v) is 9.18. The number of amides is 2. The van der Waals surface area contributed by atoms with Gasteiger partial charge in [-0.3, -0.25) is 9.59 Å². The van der Waals surface area contributed by atoms with Crippen molar-refractivity contribution in [3.05, 3.63) is 23.2 Å². The maximum Gasteiger partial charge on any atom is 0.257 e. The monoisotopic (exact) mass is 350 g/mol. The van der Waals surface area contributed by atoms with Crippen molar-refractivity contribution in [2.24, 2.45) is 0 Å². The van der Waals surface area contributed by atoms with Crippen molar-refractivity contribution in [3.8, 4) is 0 Å². The maximum absolute atomic E-state index is 12.9. The van der Waals surface area contributed by atoms with Crippen molar-refractivity contribution in [1.82, 2.24) is 10.2 Å². The molecule has 0 spiro atoms. The van der Waals surface area contributed by atoms with E-state index in [-0.39, 0.29) is 24.0 Å². The second-order valence-corrected chi connectivity index (χ2v) is 6.84. The molecule has 2 amide bonds. The van der Waals surface area contributed by atoms with E-state index in [1.165, 1.54) is 0 Å². The molecule has 0 saturated carbocycles. The van der Waals surface area contributed by atoms with E-state index in [2.05, 4.69) is 5.32 Å². The van der Waals surface area contributed by atoms with Crippen LogP contribution < -0.4 is 5.32 Å². The van der Waals surface area contributed by atoms with Gasteiger partial charge in [0.1, 0.15) is 11.5 Å². The lowest BCUT2D eigenvalue weighted by Gasteiger charge is -2.25. The third-order valence-electron chi connectivity index (χ3n) is 4.64. The molecule has 0 bridgehead atoms. The second-order valence-electron chi connectivity index (χ2n) is 6.84. The molecule has 1 aromatic heterocycles. The van der Waals surface area contributed by atoms with E-state index in [1.807, 2.05) is 20.8 Å². The van der Waals surface area contributed by atoms with Gasteiger partial charge in [-0.05, 0) is 46.1 Å². The van der Waals surface area contributed by atoms with Crippen LogP contribution in [0.2, 0.25) is 0 Å². The molecule has 140 valence electrons. The number of aryl methyl sites for hydroxylation is 2. The van der Waals surface area contributed by atoms with Gasteiger partial charge in [-0.25, -0.2) is 0 Å². The zero-order valence-electron chi connectivity index (χ0n) is 15.8. The zero-order valence-corrected chi connectivity index (χ0v) is 15.8. The predicted octanol–water partition coefficient (Wildman–Crippen LogP) is 2.82. The van der Waals surface area contributed by atoms with E-state index in [0.717, 1.165) is 25.9 Å². The van der Waals surface area contributed by atoms with Gasteiger partial charge in [-0.2, -0.15) is 0 Å². The average molecular weight is 350 g/mol. The smallest absolute Gasteiger partial charge is 0.257 e. The number of rotatable bonds is 8. The molecule has 2 atom stereocenters. The van der Waals surface area contributed by atoms with Crippen molar-refractivity contribution in [3.63, 3.8) is 0 Å². The van der Waals surface area contributed by atoms with Gasteiger partial charge in [-0.15, -0.1) is 0 Å². The van der Waals surface area contributed by atoms with Crippen molar-refractivity contribution in [2.75, 3.05) is 19.7 Å². The molecule has 0 unspecified atom stereocenters. The Kier molecular flexibility index (Phi) is 7.05. The standard InChI is InChI=1S/C19H30N2O4/c1-5-13(2)20-18(22)8-9-21(12-16-7-6-10-24-16)19(23)17-11-14(3)25-15(17)4/h11,13,16H,5-10,12H2,1-4H3,(H,20,22)/t13-,16+/m0/s1. The Balaban J connectivity index is 2.03. The molecule has 1 N–H and O–H groups in total. The van der Waals surface area contributed by atoms with Crippen LogP contribution in [-0.2, 0) is 9.53 Å². The number of hydrogen-bond acceptors (Lipinski definition) is 4. The highest BCUT2D eigenvalue weighted by Crippen LogP contribution is 2.19. The molecule has 1 saturated heterocycles. The Morgan fingerprint density at radius 2 is 2.16 bits per heavy atom. The third kappa shape index (κ3) is 5.59. The van der Waals surface area contributed by atoms with Gasteiger partial charge in [0, 0.05) is 32.2 Å². The van der Waals surface area contributed by atoms with Crippen LogP contribution >= 0.6 is 0 Å². The van der Waals surface area contributed by atoms with E-state index in [9.17, 15) is 9.59 Å². The third-order valence-corrected chi connectivity index (χ3v) is 4.64. The first-order chi connectivity index (χ1) is 11.9. The fourth-order valence-electron chi connectivity index (χ4n) is 3.01. The van der Waals surface area contributed by atoms with Crippen LogP contribution in [0.4, 0.5) is 0 Å². The Bertz CT molecular complexity index is 590. The Hall–Kier alpha value is -1.82. The van der Waals surface area contributed by atoms with Crippen molar-refractivity contribution in [2.45, 2.75) is 65.5 Å². The number of carbonyl (C=O) groups excluding carboxylic acids is 2. The highest BCUT2D eigenvalue weighted by molar-refractivity contribution is 5.95. The first kappa shape index (κ1) is 19.5. The summed E-state index contributed by atoms with van der Waals surface area (Å²) in [5, 5.41) is 2.95. The van der Waals surface area contributed by atoms with Gasteiger partial charge < -0.3 is 19.4 Å². The van der Waals surface area contributed by atoms with Gasteiger partial charge in [0.2, 0.25) is 5.91 Å². The van der Waals surface area contributed by atoms with Crippen LogP contribution in [0, 0.1) is 13.8 Å². The first-order valence-electron chi connectivity index (χ1n) is 9.18. The summed E-state index contributed by atoms with van der Waals surface area (Å²) in [5.74, 6) is 1.21. The molecule has 2 rings (SSSR count). The number of carbonyl (C=O) groups is 2. The zero-order chi connectivity index (χ0) is 18.4. The van der Waals surface area contributed by atoms with Crippen LogP contribution in [0.3, 0.4) is 0 Å². The molecule has 1 aliphatic rings. The minimum atomic E-state index is -0.0961. The lowest BCUT2D eigenvalue weighted by molar-refractivity contribution is -0.122. The number of furan rings is 1. The van der Waals surface area contributed by atoms with Crippen molar-refractivity contribution >= 4 is 11.8 Å². The summed E-state index contributed by atoms with van der Waals surface area (Å²) in [6.45, 7) is 9.26. The summed E-state index contributed by atoms with van der Waals surface area (Å²) < 4.78 is 11.2. The quantitative estimate of drug-likeness (QED) is 0.782. The number of nitrogens with one attached hydrogen (secondary N) is 1. The topological polar surface area (TPSA) is 71.8 Å². The summed E-state index contributed by atoms with van der Waals surface area (Å²) in [6, 6.07) is 1.91. The van der Waals surface area contributed by atoms with Crippen LogP contribution in [0.1, 0.15) is 61.4 Å². The minimum absolute atomic E-state index is 0.0282. The molecule has 0 aromatic carbocycles. The Labute approximate surface area is 149 Å². The normalized spacial score (nSPS) is 18.2. The number of ether oxygens (including phenoxy) is 1. The van der Waals surface area contributed by atoms with Gasteiger partial charge >= 0.3 is 0 Å². The fourth-order valence-corrected chi connectivity index (χ4v) is 3.01. The van der Waals surface area contributed by atoms with Crippen LogP contribution in [0.25, 0.3) is 0 Å². The average Bonchev–Trinajstić information content (AvgIpc) is 3.19. The number of hydrogen-bond donors (Lipinski definition) is 1. The summed E-state index contributed by atoms with van der Waals surface area (Å²) >= 11 is 0. The van der Waals surface area contributed by atoms with E-state index < -0.39 is 0 Å². The predicted molar refractivity (Wildman–Crippen MR) is 95.6 cm³/mol. The molecule has 1 aliphatic heterocycles. The summed E-state index contributed by atoms with van der Waals surface area (Å²) in [6.07, 6.45) is 3.20. The summed E-state index contributed by atoms with van der Waals surface area (Å²) in [4.78, 5) is 26.7. The van der Waals surface area contributed by atoms with Crippen LogP contribution in [0.5, 0.6) is 0 Å². The highest BCUT2D eigenvalue weighted by Gasteiger charge is 2.26. The molecule has 1 aromatic rings. The van der Waals surface area contributed by atoms with Gasteiger partial charge in [0.05, 0.1) is 11.7 Å². The SMILES string of the molecule is CC[C@H](C)NC(=O)CCN(C[C@H]1CCCO1)C(=O)c1cc(C)oc1C. The number of nitrogens with zero attached hydrogens (tertiary/aromatic N) is 1. The molecule has 1 fully saturated rings. The highest BCUT2D eigenvalue weighted by atomic mass is 16.5. The second kappa shape index (κ2) is 9.04. The maximum atomic E-state index is 12.9.